The van der Waals surface area contributed by atoms with Gasteiger partial charge in [-0.1, -0.05) is 18.2 Å². The van der Waals surface area contributed by atoms with Gasteiger partial charge >= 0.3 is 0 Å². The maximum atomic E-state index is 12.5. The lowest BCUT2D eigenvalue weighted by Crippen LogP contribution is -2.48. The van der Waals surface area contributed by atoms with E-state index in [4.69, 9.17) is 4.42 Å². The Morgan fingerprint density at radius 1 is 1.42 bits per heavy atom. The molecule has 1 aliphatic rings. The van der Waals surface area contributed by atoms with Crippen molar-refractivity contribution < 1.29 is 14.3 Å². The highest BCUT2D eigenvalue weighted by molar-refractivity contribution is 6.05. The van der Waals surface area contributed by atoms with E-state index in [1.807, 2.05) is 24.3 Å². The number of hydrogen-bond acceptors (Lipinski definition) is 3. The Bertz CT molecular complexity index is 615. The van der Waals surface area contributed by atoms with Gasteiger partial charge in [-0.05, 0) is 25.8 Å². The number of benzene rings is 1. The normalized spacial score (nSPS) is 23.8. The Morgan fingerprint density at radius 2 is 2.21 bits per heavy atom. The molecule has 0 aliphatic carbocycles. The first-order valence-electron chi connectivity index (χ1n) is 6.55. The van der Waals surface area contributed by atoms with Crippen molar-refractivity contribution >= 4 is 16.9 Å². The van der Waals surface area contributed by atoms with Crippen molar-refractivity contribution in [3.63, 3.8) is 0 Å². The molecule has 1 amide bonds. The van der Waals surface area contributed by atoms with Gasteiger partial charge in [0.05, 0.1) is 11.2 Å². The van der Waals surface area contributed by atoms with Gasteiger partial charge in [0.2, 0.25) is 0 Å². The van der Waals surface area contributed by atoms with Crippen LogP contribution in [0.5, 0.6) is 0 Å². The molecule has 1 unspecified atom stereocenters. The topological polar surface area (TPSA) is 53.7 Å². The van der Waals surface area contributed by atoms with Crippen LogP contribution in [-0.2, 0) is 0 Å². The first-order chi connectivity index (χ1) is 9.07. The lowest BCUT2D eigenvalue weighted by molar-refractivity contribution is -0.0107. The molecule has 3 rings (SSSR count). The van der Waals surface area contributed by atoms with E-state index in [1.54, 1.807) is 11.8 Å². The number of hydrogen-bond donors (Lipinski definition) is 1. The SMILES string of the molecule is CC1(O)CCCN(C(=O)c2coc3ccccc23)C1. The fourth-order valence-corrected chi connectivity index (χ4v) is 2.71. The molecule has 0 spiro atoms. The van der Waals surface area contributed by atoms with Crippen LogP contribution in [0.25, 0.3) is 11.0 Å². The fourth-order valence-electron chi connectivity index (χ4n) is 2.71. The molecule has 2 heterocycles. The molecule has 0 bridgehead atoms. The van der Waals surface area contributed by atoms with Crippen LogP contribution in [0.4, 0.5) is 0 Å². The van der Waals surface area contributed by atoms with Gasteiger partial charge in [0, 0.05) is 18.5 Å². The van der Waals surface area contributed by atoms with E-state index in [1.165, 1.54) is 6.26 Å². The number of likely N-dealkylation sites (tertiary alicyclic amines) is 1. The molecule has 19 heavy (non-hydrogen) atoms. The molecule has 1 aliphatic heterocycles. The molecule has 1 atom stereocenters. The van der Waals surface area contributed by atoms with Gasteiger partial charge in [0.15, 0.2) is 0 Å². The minimum atomic E-state index is -0.784. The van der Waals surface area contributed by atoms with Crippen LogP contribution < -0.4 is 0 Å². The van der Waals surface area contributed by atoms with E-state index in [2.05, 4.69) is 0 Å². The Balaban J connectivity index is 1.91. The molecular weight excluding hydrogens is 242 g/mol. The molecule has 1 aromatic carbocycles. The number of furan rings is 1. The zero-order valence-corrected chi connectivity index (χ0v) is 10.9. The van der Waals surface area contributed by atoms with E-state index >= 15 is 0 Å². The van der Waals surface area contributed by atoms with E-state index in [9.17, 15) is 9.90 Å². The third kappa shape index (κ3) is 2.24. The summed E-state index contributed by atoms with van der Waals surface area (Å²) in [6.45, 7) is 2.85. The number of β-amino-alcohol motifs (C(OH)–C–C–N with tert-alkyl or cyclic N) is 1. The van der Waals surface area contributed by atoms with E-state index < -0.39 is 5.60 Å². The van der Waals surface area contributed by atoms with Gasteiger partial charge in [0.25, 0.3) is 5.91 Å². The van der Waals surface area contributed by atoms with E-state index in [0.29, 0.717) is 18.7 Å². The van der Waals surface area contributed by atoms with Crippen LogP contribution in [-0.4, -0.2) is 34.6 Å². The second-order valence-electron chi connectivity index (χ2n) is 5.47. The summed E-state index contributed by atoms with van der Waals surface area (Å²) in [5.74, 6) is -0.0649. The predicted octanol–water partition coefficient (Wildman–Crippen LogP) is 2.42. The van der Waals surface area contributed by atoms with Gasteiger partial charge < -0.3 is 14.4 Å². The summed E-state index contributed by atoms with van der Waals surface area (Å²) in [7, 11) is 0. The van der Waals surface area contributed by atoms with Crippen LogP contribution in [0.1, 0.15) is 30.1 Å². The molecule has 1 aromatic heterocycles. The van der Waals surface area contributed by atoms with Crippen LogP contribution >= 0.6 is 0 Å². The zero-order valence-electron chi connectivity index (χ0n) is 10.9. The first kappa shape index (κ1) is 12.2. The number of nitrogens with zero attached hydrogens (tertiary/aromatic N) is 1. The summed E-state index contributed by atoms with van der Waals surface area (Å²) in [6.07, 6.45) is 3.08. The maximum Gasteiger partial charge on any atom is 0.257 e. The summed E-state index contributed by atoms with van der Waals surface area (Å²) >= 11 is 0. The number of carbonyl (C=O) groups is 1. The van der Waals surface area contributed by atoms with Crippen LogP contribution in [0.2, 0.25) is 0 Å². The summed E-state index contributed by atoms with van der Waals surface area (Å²) in [4.78, 5) is 14.2. The van der Waals surface area contributed by atoms with Gasteiger partial charge in [-0.3, -0.25) is 4.79 Å². The van der Waals surface area contributed by atoms with Gasteiger partial charge in [0.1, 0.15) is 11.8 Å². The van der Waals surface area contributed by atoms with Crippen molar-refractivity contribution in [2.45, 2.75) is 25.4 Å². The molecule has 4 heteroatoms. The van der Waals surface area contributed by atoms with E-state index in [-0.39, 0.29) is 5.91 Å². The van der Waals surface area contributed by atoms with Crippen molar-refractivity contribution in [1.29, 1.82) is 0 Å². The Morgan fingerprint density at radius 3 is 3.00 bits per heavy atom. The molecule has 100 valence electrons. The summed E-state index contributed by atoms with van der Waals surface area (Å²) in [5, 5.41) is 10.9. The van der Waals surface area contributed by atoms with E-state index in [0.717, 1.165) is 23.8 Å². The van der Waals surface area contributed by atoms with Crippen molar-refractivity contribution in [1.82, 2.24) is 4.90 Å². The van der Waals surface area contributed by atoms with Gasteiger partial charge in [-0.15, -0.1) is 0 Å². The Kier molecular flexibility index (Phi) is 2.82. The number of carbonyl (C=O) groups excluding carboxylic acids is 1. The molecule has 2 aromatic rings. The van der Waals surface area contributed by atoms with Crippen LogP contribution in [0.15, 0.2) is 34.9 Å². The summed E-state index contributed by atoms with van der Waals surface area (Å²) in [6, 6.07) is 7.50. The number of para-hydroxylation sites is 1. The fraction of sp³-hybridized carbons (Fsp3) is 0.400. The monoisotopic (exact) mass is 259 g/mol. The van der Waals surface area contributed by atoms with Crippen molar-refractivity contribution in [3.8, 4) is 0 Å². The largest absolute Gasteiger partial charge is 0.463 e. The maximum absolute atomic E-state index is 12.5. The van der Waals surface area contributed by atoms with Crippen molar-refractivity contribution in [3.05, 3.63) is 36.1 Å². The number of amides is 1. The summed E-state index contributed by atoms with van der Waals surface area (Å²) < 4.78 is 5.40. The van der Waals surface area contributed by atoms with Crippen molar-refractivity contribution in [2.24, 2.45) is 0 Å². The quantitative estimate of drug-likeness (QED) is 0.855. The van der Waals surface area contributed by atoms with Gasteiger partial charge in [-0.25, -0.2) is 0 Å². The third-order valence-electron chi connectivity index (χ3n) is 3.67. The highest BCUT2D eigenvalue weighted by Gasteiger charge is 2.32. The molecule has 4 nitrogen and oxygen atoms in total. The number of aliphatic hydroxyl groups is 1. The average molecular weight is 259 g/mol. The third-order valence-corrected chi connectivity index (χ3v) is 3.67. The molecule has 0 radical (unpaired) electrons. The molecule has 1 fully saturated rings. The number of fused-ring (bicyclic) bond motifs is 1. The highest BCUT2D eigenvalue weighted by atomic mass is 16.3. The lowest BCUT2D eigenvalue weighted by atomic mass is 9.94. The van der Waals surface area contributed by atoms with Crippen molar-refractivity contribution in [2.75, 3.05) is 13.1 Å². The second-order valence-corrected chi connectivity index (χ2v) is 5.47. The second kappa shape index (κ2) is 4.38. The zero-order chi connectivity index (χ0) is 13.5. The minimum Gasteiger partial charge on any atom is -0.463 e. The van der Waals surface area contributed by atoms with Gasteiger partial charge in [-0.2, -0.15) is 0 Å². The predicted molar refractivity (Wildman–Crippen MR) is 72.0 cm³/mol. The Labute approximate surface area is 111 Å². The molecule has 1 saturated heterocycles. The average Bonchev–Trinajstić information content (AvgIpc) is 2.80. The summed E-state index contributed by atoms with van der Waals surface area (Å²) in [5.41, 5.74) is 0.510. The molecular formula is C15H17NO3. The molecule has 1 N–H and O–H groups in total. The highest BCUT2D eigenvalue weighted by Crippen LogP contribution is 2.26. The number of piperidine rings is 1. The number of rotatable bonds is 1. The first-order valence-corrected chi connectivity index (χ1v) is 6.55. The van der Waals surface area contributed by atoms with Crippen LogP contribution in [0, 0.1) is 0 Å². The minimum absolute atomic E-state index is 0.0649. The molecule has 0 saturated carbocycles. The Hall–Kier alpha value is -1.81. The standard InChI is InChI=1S/C15H17NO3/c1-15(18)7-4-8-16(10-15)14(17)12-9-19-13-6-3-2-5-11(12)13/h2-3,5-6,9,18H,4,7-8,10H2,1H3. The lowest BCUT2D eigenvalue weighted by Gasteiger charge is -2.36. The smallest absolute Gasteiger partial charge is 0.257 e. The van der Waals surface area contributed by atoms with Crippen LogP contribution in [0.3, 0.4) is 0 Å².